The predicted molar refractivity (Wildman–Crippen MR) is 139 cm³/mol. The van der Waals surface area contributed by atoms with Gasteiger partial charge in [-0.2, -0.15) is 0 Å². The Balaban J connectivity index is 1.69. The van der Waals surface area contributed by atoms with Gasteiger partial charge in [0.2, 0.25) is 11.8 Å². The summed E-state index contributed by atoms with van der Waals surface area (Å²) in [6.45, 7) is 0.0467. The number of nitrogens with one attached hydrogen (secondary N) is 1. The van der Waals surface area contributed by atoms with Crippen LogP contribution >= 0.6 is 22.9 Å². The van der Waals surface area contributed by atoms with Crippen molar-refractivity contribution in [3.05, 3.63) is 82.2 Å². The lowest BCUT2D eigenvalue weighted by molar-refractivity contribution is -0.132. The van der Waals surface area contributed by atoms with Crippen LogP contribution in [0.3, 0.4) is 0 Å². The van der Waals surface area contributed by atoms with Crippen molar-refractivity contribution < 1.29 is 23.2 Å². The van der Waals surface area contributed by atoms with Gasteiger partial charge in [0.05, 0.1) is 12.2 Å². The standard InChI is InChI=1S/C25H26ClN3O5S2/c26-19-8-6-17(7-9-19)20-10-11-21(35-20)25(16-22(30)28-32)12-13-29(14-15-36(25,33)34)24(31)23(27)18-4-2-1-3-5-18/h1-11,23,32H,12-16,27H2,(H,28,30)/t23-,25?/m1/s1. The molecule has 4 rings (SSSR count). The minimum absolute atomic E-state index is 0.0173. The highest BCUT2D eigenvalue weighted by Crippen LogP contribution is 2.45. The molecule has 0 saturated carbocycles. The second kappa shape index (κ2) is 10.7. The highest BCUT2D eigenvalue weighted by molar-refractivity contribution is 7.92. The molecule has 11 heteroatoms. The number of thiophene rings is 1. The van der Waals surface area contributed by atoms with Gasteiger partial charge in [-0.05, 0) is 41.8 Å². The van der Waals surface area contributed by atoms with Crippen molar-refractivity contribution in [1.29, 1.82) is 0 Å². The number of rotatable bonds is 6. The fraction of sp³-hybridized carbons (Fsp3) is 0.280. The molecule has 36 heavy (non-hydrogen) atoms. The third-order valence-corrected chi connectivity index (χ3v) is 10.7. The minimum Gasteiger partial charge on any atom is -0.340 e. The zero-order valence-corrected chi connectivity index (χ0v) is 21.7. The van der Waals surface area contributed by atoms with E-state index in [1.54, 1.807) is 54.0 Å². The summed E-state index contributed by atoms with van der Waals surface area (Å²) in [5.41, 5.74) is 9.26. The third-order valence-electron chi connectivity index (χ3n) is 6.50. The van der Waals surface area contributed by atoms with E-state index in [-0.39, 0.29) is 31.2 Å². The maximum Gasteiger partial charge on any atom is 0.245 e. The van der Waals surface area contributed by atoms with Crippen LogP contribution in [-0.4, -0.2) is 49.2 Å². The fourth-order valence-electron chi connectivity index (χ4n) is 4.44. The van der Waals surface area contributed by atoms with E-state index in [2.05, 4.69) is 0 Å². The first-order valence-electron chi connectivity index (χ1n) is 11.3. The van der Waals surface area contributed by atoms with Crippen LogP contribution in [0.2, 0.25) is 5.02 Å². The van der Waals surface area contributed by atoms with E-state index in [1.807, 2.05) is 18.2 Å². The Morgan fingerprint density at radius 2 is 1.78 bits per heavy atom. The smallest absolute Gasteiger partial charge is 0.245 e. The lowest BCUT2D eigenvalue weighted by Crippen LogP contribution is -2.41. The normalized spacial score (nSPS) is 20.4. The molecule has 1 aromatic heterocycles. The molecule has 2 atom stereocenters. The van der Waals surface area contributed by atoms with Crippen LogP contribution in [0, 0.1) is 0 Å². The first kappa shape index (κ1) is 26.3. The molecule has 0 radical (unpaired) electrons. The molecule has 1 fully saturated rings. The summed E-state index contributed by atoms with van der Waals surface area (Å²) in [7, 11) is -3.93. The van der Waals surface area contributed by atoms with Gasteiger partial charge in [-0.3, -0.25) is 14.8 Å². The maximum atomic E-state index is 13.7. The van der Waals surface area contributed by atoms with Crippen molar-refractivity contribution in [2.45, 2.75) is 23.6 Å². The number of halogens is 1. The van der Waals surface area contributed by atoms with Crippen LogP contribution in [0.1, 0.15) is 29.3 Å². The van der Waals surface area contributed by atoms with E-state index < -0.39 is 33.0 Å². The van der Waals surface area contributed by atoms with Gasteiger partial charge in [0.25, 0.3) is 0 Å². The van der Waals surface area contributed by atoms with Gasteiger partial charge < -0.3 is 10.6 Å². The molecule has 1 aliphatic rings. The molecule has 2 heterocycles. The number of hydrogen-bond donors (Lipinski definition) is 3. The molecule has 1 unspecified atom stereocenters. The second-order valence-electron chi connectivity index (χ2n) is 8.66. The Morgan fingerprint density at radius 3 is 2.44 bits per heavy atom. The van der Waals surface area contributed by atoms with Crippen molar-refractivity contribution in [2.24, 2.45) is 5.73 Å². The average Bonchev–Trinajstić information content (AvgIpc) is 3.33. The van der Waals surface area contributed by atoms with E-state index >= 15 is 0 Å². The second-order valence-corrected chi connectivity index (χ2v) is 12.6. The van der Waals surface area contributed by atoms with E-state index in [0.717, 1.165) is 10.4 Å². The van der Waals surface area contributed by atoms with Crippen LogP contribution in [0.25, 0.3) is 10.4 Å². The first-order chi connectivity index (χ1) is 17.2. The molecule has 190 valence electrons. The highest BCUT2D eigenvalue weighted by atomic mass is 35.5. The Hall–Kier alpha value is -2.76. The monoisotopic (exact) mass is 547 g/mol. The molecule has 8 nitrogen and oxygen atoms in total. The molecule has 0 bridgehead atoms. The van der Waals surface area contributed by atoms with Gasteiger partial charge >= 0.3 is 0 Å². The molecule has 0 aliphatic carbocycles. The fourth-order valence-corrected chi connectivity index (χ4v) is 8.18. The van der Waals surface area contributed by atoms with Crippen molar-refractivity contribution >= 4 is 44.6 Å². The zero-order chi connectivity index (χ0) is 25.9. The molecule has 4 N–H and O–H groups in total. The molecule has 2 aromatic carbocycles. The number of hydrogen-bond acceptors (Lipinski definition) is 7. The molecule has 0 spiro atoms. The summed E-state index contributed by atoms with van der Waals surface area (Å²) < 4.78 is 25.9. The molecule has 2 amide bonds. The lowest BCUT2D eigenvalue weighted by Gasteiger charge is -2.30. The number of nitrogens with zero attached hydrogens (tertiary/aromatic N) is 1. The van der Waals surface area contributed by atoms with Gasteiger partial charge in [-0.15, -0.1) is 11.3 Å². The molecular formula is C25H26ClN3O5S2. The van der Waals surface area contributed by atoms with Gasteiger partial charge in [0.15, 0.2) is 9.84 Å². The molecule has 3 aromatic rings. The van der Waals surface area contributed by atoms with Crippen LogP contribution in [-0.2, 0) is 24.2 Å². The topological polar surface area (TPSA) is 130 Å². The minimum atomic E-state index is -3.93. The van der Waals surface area contributed by atoms with E-state index in [1.165, 1.54) is 16.2 Å². The number of nitrogens with two attached hydrogens (primary N) is 1. The summed E-state index contributed by atoms with van der Waals surface area (Å²) in [4.78, 5) is 28.3. The van der Waals surface area contributed by atoms with Crippen LogP contribution in [0.5, 0.6) is 0 Å². The maximum absolute atomic E-state index is 13.7. The zero-order valence-electron chi connectivity index (χ0n) is 19.3. The van der Waals surface area contributed by atoms with Gasteiger partial charge in [0, 0.05) is 27.9 Å². The summed E-state index contributed by atoms with van der Waals surface area (Å²) in [6, 6.07) is 18.6. The number of hydroxylamine groups is 1. The molecular weight excluding hydrogens is 522 g/mol. The Bertz CT molecular complexity index is 1350. The number of carbonyl (C=O) groups excluding carboxylic acids is 2. The molecule has 1 saturated heterocycles. The van der Waals surface area contributed by atoms with Crippen LogP contribution in [0.15, 0.2) is 66.7 Å². The molecule has 1 aliphatic heterocycles. The summed E-state index contributed by atoms with van der Waals surface area (Å²) in [6.07, 6.45) is -0.490. The van der Waals surface area contributed by atoms with Crippen LogP contribution < -0.4 is 11.2 Å². The van der Waals surface area contributed by atoms with Crippen molar-refractivity contribution in [1.82, 2.24) is 10.4 Å². The van der Waals surface area contributed by atoms with Crippen molar-refractivity contribution in [3.63, 3.8) is 0 Å². The Labute approximate surface area is 218 Å². The van der Waals surface area contributed by atoms with Gasteiger partial charge in [-0.25, -0.2) is 13.9 Å². The third kappa shape index (κ3) is 5.18. The first-order valence-corrected chi connectivity index (χ1v) is 14.1. The number of benzene rings is 2. The summed E-state index contributed by atoms with van der Waals surface area (Å²) >= 11 is 7.25. The number of carbonyl (C=O) groups is 2. The van der Waals surface area contributed by atoms with Crippen molar-refractivity contribution in [3.8, 4) is 10.4 Å². The quantitative estimate of drug-likeness (QED) is 0.320. The Morgan fingerprint density at radius 1 is 1.08 bits per heavy atom. The largest absolute Gasteiger partial charge is 0.340 e. The highest BCUT2D eigenvalue weighted by Gasteiger charge is 2.50. The number of amides is 2. The number of sulfone groups is 1. The predicted octanol–water partition coefficient (Wildman–Crippen LogP) is 3.51. The van der Waals surface area contributed by atoms with E-state index in [4.69, 9.17) is 17.3 Å². The van der Waals surface area contributed by atoms with Gasteiger partial charge in [-0.1, -0.05) is 54.1 Å². The average molecular weight is 548 g/mol. The van der Waals surface area contributed by atoms with Crippen molar-refractivity contribution in [2.75, 3.05) is 18.8 Å². The Kier molecular flexibility index (Phi) is 7.82. The summed E-state index contributed by atoms with van der Waals surface area (Å²) in [5.74, 6) is -1.54. The van der Waals surface area contributed by atoms with Gasteiger partial charge in [0.1, 0.15) is 10.8 Å². The lowest BCUT2D eigenvalue weighted by atomic mass is 9.97. The van der Waals surface area contributed by atoms with Crippen LogP contribution in [0.4, 0.5) is 0 Å². The van der Waals surface area contributed by atoms with E-state index in [9.17, 15) is 23.2 Å². The SMILES string of the molecule is N[C@@H](C(=O)N1CCC(CC(=O)NO)(c2ccc(-c3ccc(Cl)cc3)s2)S(=O)(=O)CC1)c1ccccc1. The van der Waals surface area contributed by atoms with E-state index in [0.29, 0.717) is 15.5 Å². The summed E-state index contributed by atoms with van der Waals surface area (Å²) in [5, 5.41) is 9.81.